The van der Waals surface area contributed by atoms with Gasteiger partial charge in [0, 0.05) is 0 Å². The largest absolute Gasteiger partial charge is 0.433 e. The van der Waals surface area contributed by atoms with Crippen LogP contribution in [-0.2, 0) is 4.79 Å². The second-order valence-electron chi connectivity index (χ2n) is 4.79. The third kappa shape index (κ3) is 4.67. The minimum atomic E-state index is -0.948. The Morgan fingerprint density at radius 2 is 2.10 bits per heavy atom. The van der Waals surface area contributed by atoms with Crippen molar-refractivity contribution in [3.8, 4) is 0 Å². The first-order valence-electron chi connectivity index (χ1n) is 6.79. The van der Waals surface area contributed by atoms with Gasteiger partial charge in [0.15, 0.2) is 5.76 Å². The van der Waals surface area contributed by atoms with Crippen LogP contribution < -0.4 is 11.2 Å². The molecule has 1 heterocycles. The molecule has 0 aliphatic carbocycles. The van der Waals surface area contributed by atoms with Gasteiger partial charge in [-0.05, 0) is 18.9 Å². The van der Waals surface area contributed by atoms with Crippen molar-refractivity contribution in [2.24, 2.45) is 10.8 Å². The molecule has 1 aromatic rings. The van der Waals surface area contributed by atoms with Crippen molar-refractivity contribution in [2.45, 2.75) is 45.1 Å². The molecule has 116 valence electrons. The summed E-state index contributed by atoms with van der Waals surface area (Å²) in [5, 5.41) is 14.2. The van der Waals surface area contributed by atoms with E-state index in [1.54, 1.807) is 0 Å². The molecular weight excluding hydrogens is 276 g/mol. The lowest BCUT2D eigenvalue weighted by atomic mass is 9.89. The first-order valence-corrected chi connectivity index (χ1v) is 6.79. The van der Waals surface area contributed by atoms with Gasteiger partial charge in [0.1, 0.15) is 4.92 Å². The Labute approximate surface area is 122 Å². The number of carbonyl (C=O) groups is 1. The van der Waals surface area contributed by atoms with Gasteiger partial charge in [-0.3, -0.25) is 14.9 Å². The number of rotatable bonds is 8. The third-order valence-electron chi connectivity index (χ3n) is 2.99. The molecule has 3 N–H and O–H groups in total. The second-order valence-corrected chi connectivity index (χ2v) is 4.79. The molecule has 0 aromatic carbocycles. The van der Waals surface area contributed by atoms with Crippen LogP contribution in [0.3, 0.4) is 0 Å². The van der Waals surface area contributed by atoms with Crippen molar-refractivity contribution in [2.75, 3.05) is 0 Å². The monoisotopic (exact) mass is 296 g/mol. The van der Waals surface area contributed by atoms with Crippen LogP contribution >= 0.6 is 0 Å². The molecule has 0 fully saturated rings. The summed E-state index contributed by atoms with van der Waals surface area (Å²) >= 11 is 0. The fourth-order valence-corrected chi connectivity index (χ4v) is 2.02. The number of nitrogens with zero attached hydrogens (tertiary/aromatic N) is 2. The molecule has 1 amide bonds. The summed E-state index contributed by atoms with van der Waals surface area (Å²) in [6.45, 7) is 3.91. The van der Waals surface area contributed by atoms with Gasteiger partial charge in [0.05, 0.1) is 17.8 Å². The highest BCUT2D eigenvalue weighted by molar-refractivity contribution is 5.87. The topological polar surface area (TPSA) is 124 Å². The van der Waals surface area contributed by atoms with E-state index >= 15 is 0 Å². The van der Waals surface area contributed by atoms with Gasteiger partial charge in [-0.2, -0.15) is 5.10 Å². The van der Waals surface area contributed by atoms with E-state index in [1.165, 1.54) is 18.3 Å². The van der Waals surface area contributed by atoms with E-state index in [4.69, 9.17) is 10.2 Å². The zero-order valence-corrected chi connectivity index (χ0v) is 12.2. The van der Waals surface area contributed by atoms with E-state index in [1.807, 2.05) is 13.8 Å². The average Bonchev–Trinajstić information content (AvgIpc) is 2.88. The van der Waals surface area contributed by atoms with Crippen molar-refractivity contribution >= 4 is 18.0 Å². The highest BCUT2D eigenvalue weighted by Crippen LogP contribution is 2.17. The Bertz CT molecular complexity index is 518. The molecule has 8 nitrogen and oxygen atoms in total. The number of hydrazone groups is 1. The molecule has 0 bridgehead atoms. The zero-order chi connectivity index (χ0) is 15.9. The zero-order valence-electron chi connectivity index (χ0n) is 12.2. The van der Waals surface area contributed by atoms with Crippen molar-refractivity contribution < 1.29 is 14.1 Å². The maximum Gasteiger partial charge on any atom is 0.433 e. The van der Waals surface area contributed by atoms with E-state index in [9.17, 15) is 14.9 Å². The van der Waals surface area contributed by atoms with Crippen LogP contribution in [0.25, 0.3) is 0 Å². The Morgan fingerprint density at radius 1 is 1.48 bits per heavy atom. The Kier molecular flexibility index (Phi) is 6.04. The van der Waals surface area contributed by atoms with Crippen molar-refractivity contribution in [3.63, 3.8) is 0 Å². The van der Waals surface area contributed by atoms with Gasteiger partial charge in [-0.1, -0.05) is 26.7 Å². The number of hydrogen-bond acceptors (Lipinski definition) is 6. The number of carbonyl (C=O) groups excluding carboxylic acids is 1. The fraction of sp³-hybridized carbons (Fsp3) is 0.538. The molecular formula is C13H20N4O4. The number of amides is 1. The predicted molar refractivity (Wildman–Crippen MR) is 77.8 cm³/mol. The number of hydrogen-bond donors (Lipinski definition) is 2. The van der Waals surface area contributed by atoms with Crippen molar-refractivity contribution in [3.05, 3.63) is 28.0 Å². The van der Waals surface area contributed by atoms with E-state index in [0.29, 0.717) is 12.8 Å². The van der Waals surface area contributed by atoms with Crippen LogP contribution in [0, 0.1) is 10.1 Å². The summed E-state index contributed by atoms with van der Waals surface area (Å²) in [7, 11) is 0. The Hall–Kier alpha value is -2.22. The summed E-state index contributed by atoms with van der Waals surface area (Å²) in [6.07, 6.45) is 3.90. The van der Waals surface area contributed by atoms with Gasteiger partial charge >= 0.3 is 5.88 Å². The molecule has 8 heteroatoms. The average molecular weight is 296 g/mol. The SMILES string of the molecule is CCCC(N)(CCC)C(=O)N/N=C/c1ccc([N+](=O)[O-])o1. The molecule has 0 aliphatic heterocycles. The Balaban J connectivity index is 2.65. The number of nitro groups is 1. The lowest BCUT2D eigenvalue weighted by Crippen LogP contribution is -2.52. The lowest BCUT2D eigenvalue weighted by molar-refractivity contribution is -0.402. The van der Waals surface area contributed by atoms with Gasteiger partial charge in [0.2, 0.25) is 0 Å². The predicted octanol–water partition coefficient (Wildman–Crippen LogP) is 1.94. The minimum Gasteiger partial charge on any atom is -0.400 e. The fourth-order valence-electron chi connectivity index (χ4n) is 2.02. The highest BCUT2D eigenvalue weighted by atomic mass is 16.6. The van der Waals surface area contributed by atoms with Crippen LogP contribution in [0.4, 0.5) is 5.88 Å². The summed E-state index contributed by atoms with van der Waals surface area (Å²) in [6, 6.07) is 2.60. The summed E-state index contributed by atoms with van der Waals surface area (Å²) in [4.78, 5) is 21.9. The van der Waals surface area contributed by atoms with E-state index in [0.717, 1.165) is 12.8 Å². The minimum absolute atomic E-state index is 0.176. The molecule has 0 unspecified atom stereocenters. The van der Waals surface area contributed by atoms with Crippen LogP contribution in [0.5, 0.6) is 0 Å². The molecule has 21 heavy (non-hydrogen) atoms. The highest BCUT2D eigenvalue weighted by Gasteiger charge is 2.31. The van der Waals surface area contributed by atoms with Gasteiger partial charge < -0.3 is 10.2 Å². The quantitative estimate of drug-likeness (QED) is 0.431. The first kappa shape index (κ1) is 16.8. The molecule has 0 atom stereocenters. The van der Waals surface area contributed by atoms with Crippen molar-refractivity contribution in [1.82, 2.24) is 5.43 Å². The molecule has 0 saturated heterocycles. The summed E-state index contributed by atoms with van der Waals surface area (Å²) in [5.41, 5.74) is 7.49. The molecule has 1 aromatic heterocycles. The molecule has 0 spiro atoms. The first-order chi connectivity index (χ1) is 9.92. The summed E-state index contributed by atoms with van der Waals surface area (Å²) < 4.78 is 4.88. The number of nitrogens with one attached hydrogen (secondary N) is 1. The normalized spacial score (nSPS) is 11.8. The van der Waals surface area contributed by atoms with Crippen LogP contribution in [0.2, 0.25) is 0 Å². The third-order valence-corrected chi connectivity index (χ3v) is 2.99. The van der Waals surface area contributed by atoms with Crippen LogP contribution in [0.15, 0.2) is 21.7 Å². The standard InChI is InChI=1S/C13H20N4O4/c1-3-7-13(14,8-4-2)12(18)16-15-9-10-5-6-11(21-10)17(19)20/h5-6,9H,3-4,7-8,14H2,1-2H3,(H,16,18)/b15-9+. The molecule has 0 saturated carbocycles. The number of furan rings is 1. The van der Waals surface area contributed by atoms with E-state index in [-0.39, 0.29) is 17.6 Å². The van der Waals surface area contributed by atoms with Gasteiger partial charge in [-0.15, -0.1) is 0 Å². The molecule has 0 radical (unpaired) electrons. The lowest BCUT2D eigenvalue weighted by Gasteiger charge is -2.26. The van der Waals surface area contributed by atoms with Crippen molar-refractivity contribution in [1.29, 1.82) is 0 Å². The maximum atomic E-state index is 12.1. The smallest absolute Gasteiger partial charge is 0.400 e. The molecule has 1 rings (SSSR count). The van der Waals surface area contributed by atoms with Gasteiger partial charge in [-0.25, -0.2) is 5.43 Å². The van der Waals surface area contributed by atoms with E-state index in [2.05, 4.69) is 10.5 Å². The van der Waals surface area contributed by atoms with Crippen LogP contribution in [-0.4, -0.2) is 22.6 Å². The number of nitrogens with two attached hydrogens (primary N) is 1. The maximum absolute atomic E-state index is 12.1. The molecule has 0 aliphatic rings. The Morgan fingerprint density at radius 3 is 2.57 bits per heavy atom. The second kappa shape index (κ2) is 7.53. The summed E-state index contributed by atoms with van der Waals surface area (Å²) in [5.74, 6) is -0.577. The van der Waals surface area contributed by atoms with Gasteiger partial charge in [0.25, 0.3) is 5.91 Å². The van der Waals surface area contributed by atoms with Crippen LogP contribution in [0.1, 0.15) is 45.3 Å². The van der Waals surface area contributed by atoms with E-state index < -0.39 is 10.5 Å².